The zero-order valence-corrected chi connectivity index (χ0v) is 19.0. The fourth-order valence-electron chi connectivity index (χ4n) is 2.97. The van der Waals surface area contributed by atoms with Crippen molar-refractivity contribution in [3.8, 4) is 5.82 Å². The van der Waals surface area contributed by atoms with Gasteiger partial charge in [-0.15, -0.1) is 11.3 Å². The Morgan fingerprint density at radius 1 is 1.09 bits per heavy atom. The van der Waals surface area contributed by atoms with E-state index in [1.807, 2.05) is 4.72 Å². The topological polar surface area (TPSA) is 110 Å². The van der Waals surface area contributed by atoms with Gasteiger partial charge in [0.15, 0.2) is 0 Å². The van der Waals surface area contributed by atoms with Gasteiger partial charge in [-0.2, -0.15) is 13.2 Å². The highest BCUT2D eigenvalue weighted by Crippen LogP contribution is 2.30. The second-order valence-electron chi connectivity index (χ2n) is 6.81. The Morgan fingerprint density at radius 2 is 1.85 bits per heavy atom. The number of thiophene rings is 1. The van der Waals surface area contributed by atoms with Crippen molar-refractivity contribution in [2.24, 2.45) is 0 Å². The standard InChI is InChI=1S/C20H12ClF3N4O4S2/c21-15-4-6-17(33-15)34(31,32)27-19(30)26-13-3-5-16(25-10-13)28-8-7-11-1-2-12(20(22,23)24)9-14(11)18(28)29/h1-10H,(H2,26,27,30). The Hall–Kier alpha value is -3.42. The number of carbonyl (C=O) groups excluding carboxylic acids is 1. The molecule has 0 aliphatic rings. The third kappa shape index (κ3) is 4.90. The summed E-state index contributed by atoms with van der Waals surface area (Å²) < 4.78 is 66.4. The minimum absolute atomic E-state index is 0.0797. The molecule has 0 spiro atoms. The predicted octanol–water partition coefficient (Wildman–Crippen LogP) is 4.63. The first kappa shape index (κ1) is 23.7. The number of rotatable bonds is 4. The summed E-state index contributed by atoms with van der Waals surface area (Å²) in [5, 5.41) is 2.48. The van der Waals surface area contributed by atoms with E-state index in [0.717, 1.165) is 34.2 Å². The van der Waals surface area contributed by atoms with Crippen LogP contribution < -0.4 is 15.6 Å². The lowest BCUT2D eigenvalue weighted by atomic mass is 10.1. The number of amides is 2. The van der Waals surface area contributed by atoms with Gasteiger partial charge in [0.2, 0.25) is 0 Å². The molecule has 1 aromatic carbocycles. The summed E-state index contributed by atoms with van der Waals surface area (Å²) in [4.78, 5) is 28.9. The number of pyridine rings is 2. The molecule has 0 radical (unpaired) electrons. The molecule has 0 bridgehead atoms. The van der Waals surface area contributed by atoms with E-state index in [1.165, 1.54) is 42.6 Å². The summed E-state index contributed by atoms with van der Waals surface area (Å²) in [6, 6.07) is 8.60. The Balaban J connectivity index is 1.55. The lowest BCUT2D eigenvalue weighted by Gasteiger charge is -2.11. The number of alkyl halides is 3. The van der Waals surface area contributed by atoms with Gasteiger partial charge in [0.05, 0.1) is 21.8 Å². The Morgan fingerprint density at radius 3 is 2.47 bits per heavy atom. The zero-order valence-electron chi connectivity index (χ0n) is 16.6. The Kier molecular flexibility index (Phi) is 6.10. The molecule has 34 heavy (non-hydrogen) atoms. The van der Waals surface area contributed by atoms with Crippen molar-refractivity contribution in [2.45, 2.75) is 10.4 Å². The maximum Gasteiger partial charge on any atom is 0.416 e. The van der Waals surface area contributed by atoms with E-state index < -0.39 is 33.4 Å². The molecule has 0 unspecified atom stereocenters. The molecule has 0 fully saturated rings. The minimum Gasteiger partial charge on any atom is -0.306 e. The van der Waals surface area contributed by atoms with E-state index in [-0.39, 0.29) is 25.4 Å². The maximum atomic E-state index is 13.0. The van der Waals surface area contributed by atoms with E-state index >= 15 is 0 Å². The number of halogens is 4. The van der Waals surface area contributed by atoms with Crippen LogP contribution in [0.25, 0.3) is 16.6 Å². The van der Waals surface area contributed by atoms with Gasteiger partial charge in [-0.05, 0) is 47.9 Å². The van der Waals surface area contributed by atoms with Crippen molar-refractivity contribution in [2.75, 3.05) is 5.32 Å². The van der Waals surface area contributed by atoms with Crippen molar-refractivity contribution < 1.29 is 26.4 Å². The SMILES string of the molecule is O=C(Nc1ccc(-n2ccc3ccc(C(F)(F)F)cc3c2=O)nc1)NS(=O)(=O)c1ccc(Cl)s1. The van der Waals surface area contributed by atoms with E-state index in [4.69, 9.17) is 11.6 Å². The molecule has 14 heteroatoms. The number of anilines is 1. The molecule has 0 atom stereocenters. The van der Waals surface area contributed by atoms with Crippen LogP contribution in [0.3, 0.4) is 0 Å². The summed E-state index contributed by atoms with van der Waals surface area (Å²) in [5.74, 6) is 0.0797. The van der Waals surface area contributed by atoms with E-state index in [2.05, 4.69) is 10.3 Å². The van der Waals surface area contributed by atoms with Crippen molar-refractivity contribution in [1.29, 1.82) is 0 Å². The molecule has 176 valence electrons. The van der Waals surface area contributed by atoms with Crippen molar-refractivity contribution >= 4 is 55.5 Å². The number of sulfonamides is 1. The average Bonchev–Trinajstić information content (AvgIpc) is 3.21. The monoisotopic (exact) mass is 528 g/mol. The number of nitrogens with one attached hydrogen (secondary N) is 2. The van der Waals surface area contributed by atoms with E-state index in [9.17, 15) is 31.2 Å². The third-order valence-corrected chi connectivity index (χ3v) is 7.58. The molecule has 8 nitrogen and oxygen atoms in total. The number of urea groups is 1. The number of benzene rings is 1. The smallest absolute Gasteiger partial charge is 0.306 e. The van der Waals surface area contributed by atoms with Gasteiger partial charge in [0.25, 0.3) is 15.6 Å². The van der Waals surface area contributed by atoms with Gasteiger partial charge in [-0.25, -0.2) is 22.9 Å². The average molecular weight is 529 g/mol. The van der Waals surface area contributed by atoms with Crippen molar-refractivity contribution in [3.05, 3.63) is 81.2 Å². The van der Waals surface area contributed by atoms with Gasteiger partial charge in [0.1, 0.15) is 10.0 Å². The van der Waals surface area contributed by atoms with E-state index in [0.29, 0.717) is 5.39 Å². The Labute approximate surface area is 198 Å². The lowest BCUT2D eigenvalue weighted by Crippen LogP contribution is -2.34. The molecular formula is C20H12ClF3N4O4S2. The molecule has 4 aromatic rings. The molecule has 0 aliphatic heterocycles. The zero-order chi connectivity index (χ0) is 24.7. The predicted molar refractivity (Wildman–Crippen MR) is 121 cm³/mol. The fraction of sp³-hybridized carbons (Fsp3) is 0.0500. The minimum atomic E-state index is -4.60. The van der Waals surface area contributed by atoms with Crippen LogP contribution in [-0.2, 0) is 16.2 Å². The Bertz CT molecular complexity index is 1570. The number of carbonyl (C=O) groups is 1. The number of nitrogens with zero attached hydrogens (tertiary/aromatic N) is 2. The third-order valence-electron chi connectivity index (χ3n) is 4.53. The maximum absolute atomic E-state index is 13.0. The van der Waals surface area contributed by atoms with Crippen LogP contribution in [0.4, 0.5) is 23.7 Å². The highest BCUT2D eigenvalue weighted by molar-refractivity contribution is 7.92. The largest absolute Gasteiger partial charge is 0.416 e. The quantitative estimate of drug-likeness (QED) is 0.401. The first-order valence-corrected chi connectivity index (χ1v) is 11.9. The first-order chi connectivity index (χ1) is 15.9. The highest BCUT2D eigenvalue weighted by Gasteiger charge is 2.30. The van der Waals surface area contributed by atoms with Crippen LogP contribution in [0.2, 0.25) is 4.34 Å². The van der Waals surface area contributed by atoms with E-state index in [1.54, 1.807) is 0 Å². The van der Waals surface area contributed by atoms with Gasteiger partial charge in [-0.1, -0.05) is 17.7 Å². The molecule has 0 saturated heterocycles. The number of hydrogen-bond donors (Lipinski definition) is 2. The van der Waals surface area contributed by atoms with Gasteiger partial charge < -0.3 is 5.32 Å². The van der Waals surface area contributed by atoms with Crippen LogP contribution in [0.1, 0.15) is 5.56 Å². The number of fused-ring (bicyclic) bond motifs is 1. The normalized spacial score (nSPS) is 12.0. The number of hydrogen-bond acceptors (Lipinski definition) is 6. The number of aromatic nitrogens is 2. The molecule has 0 aliphatic carbocycles. The van der Waals surface area contributed by atoms with Gasteiger partial charge >= 0.3 is 12.2 Å². The van der Waals surface area contributed by atoms with Crippen molar-refractivity contribution in [1.82, 2.24) is 14.3 Å². The second kappa shape index (κ2) is 8.74. The molecule has 4 rings (SSSR count). The molecular weight excluding hydrogens is 517 g/mol. The molecule has 3 heterocycles. The second-order valence-corrected chi connectivity index (χ2v) is 10.4. The molecule has 2 N–H and O–H groups in total. The van der Waals surface area contributed by atoms with Crippen LogP contribution in [0, 0.1) is 0 Å². The van der Waals surface area contributed by atoms with Crippen LogP contribution in [0.5, 0.6) is 0 Å². The molecule has 0 saturated carbocycles. The first-order valence-electron chi connectivity index (χ1n) is 9.22. The summed E-state index contributed by atoms with van der Waals surface area (Å²) in [6.07, 6.45) is -2.08. The molecule has 3 aromatic heterocycles. The summed E-state index contributed by atoms with van der Waals surface area (Å²) in [6.45, 7) is 0. The molecule has 2 amide bonds. The van der Waals surface area contributed by atoms with Gasteiger partial charge in [0, 0.05) is 11.6 Å². The summed E-state index contributed by atoms with van der Waals surface area (Å²) in [5.41, 5.74) is -1.56. The van der Waals surface area contributed by atoms with Crippen molar-refractivity contribution in [3.63, 3.8) is 0 Å². The summed E-state index contributed by atoms with van der Waals surface area (Å²) >= 11 is 6.49. The summed E-state index contributed by atoms with van der Waals surface area (Å²) in [7, 11) is -4.12. The van der Waals surface area contributed by atoms with Crippen LogP contribution >= 0.6 is 22.9 Å². The van der Waals surface area contributed by atoms with Crippen LogP contribution in [-0.4, -0.2) is 24.0 Å². The van der Waals surface area contributed by atoms with Crippen LogP contribution in [0.15, 0.2) is 69.9 Å². The lowest BCUT2D eigenvalue weighted by molar-refractivity contribution is -0.137. The van der Waals surface area contributed by atoms with Gasteiger partial charge in [-0.3, -0.25) is 9.36 Å². The fourth-order valence-corrected chi connectivity index (χ4v) is 5.36. The highest BCUT2D eigenvalue weighted by atomic mass is 35.5.